The van der Waals surface area contributed by atoms with E-state index in [-0.39, 0.29) is 19.0 Å². The number of carbonyl (C=O) groups is 1. The third kappa shape index (κ3) is 3.98. The molecule has 1 fully saturated rings. The van der Waals surface area contributed by atoms with Gasteiger partial charge in [0.1, 0.15) is 18.2 Å². The van der Waals surface area contributed by atoms with E-state index in [0.717, 1.165) is 11.8 Å². The Bertz CT molecular complexity index is 814. The number of anilines is 1. The van der Waals surface area contributed by atoms with Crippen molar-refractivity contribution >= 4 is 17.6 Å². The minimum atomic E-state index is -0.628. The average molecular weight is 362 g/mol. The van der Waals surface area contributed by atoms with Crippen molar-refractivity contribution in [1.29, 1.82) is 0 Å². The summed E-state index contributed by atoms with van der Waals surface area (Å²) in [6.07, 6.45) is 3.44. The van der Waals surface area contributed by atoms with Gasteiger partial charge in [-0.3, -0.25) is 14.5 Å². The smallest absolute Gasteiger partial charge is 0.246 e. The lowest BCUT2D eigenvalue weighted by atomic mass is 10.2. The van der Waals surface area contributed by atoms with Gasteiger partial charge in [0.05, 0.1) is 11.9 Å². The lowest BCUT2D eigenvalue weighted by Gasteiger charge is -2.35. The number of halogens is 2. The van der Waals surface area contributed by atoms with Gasteiger partial charge >= 0.3 is 0 Å². The lowest BCUT2D eigenvalue weighted by Crippen LogP contribution is -2.55. The molecule has 7 nitrogen and oxygen atoms in total. The summed E-state index contributed by atoms with van der Waals surface area (Å²) >= 11 is 0. The van der Waals surface area contributed by atoms with E-state index in [2.05, 4.69) is 15.4 Å². The Morgan fingerprint density at radius 1 is 1.27 bits per heavy atom. The molecular formula is C17H20F2N6O. The van der Waals surface area contributed by atoms with Crippen LogP contribution in [0.15, 0.2) is 35.6 Å². The van der Waals surface area contributed by atoms with E-state index in [1.54, 1.807) is 36.1 Å². The second-order valence-corrected chi connectivity index (χ2v) is 6.02. The van der Waals surface area contributed by atoms with E-state index in [0.29, 0.717) is 24.6 Å². The molecule has 0 saturated carbocycles. The molecule has 1 N–H and O–H groups in total. The molecule has 2 heterocycles. The zero-order chi connectivity index (χ0) is 18.7. The molecule has 9 heteroatoms. The van der Waals surface area contributed by atoms with Crippen LogP contribution in [0.4, 0.5) is 14.5 Å². The lowest BCUT2D eigenvalue weighted by molar-refractivity contribution is -0.120. The third-order valence-corrected chi connectivity index (χ3v) is 4.11. The van der Waals surface area contributed by atoms with Gasteiger partial charge in [-0.05, 0) is 17.7 Å². The van der Waals surface area contributed by atoms with Gasteiger partial charge in [0.15, 0.2) is 5.96 Å². The Hall–Kier alpha value is -2.97. The molecule has 0 radical (unpaired) electrons. The van der Waals surface area contributed by atoms with Crippen LogP contribution in [0.1, 0.15) is 5.56 Å². The van der Waals surface area contributed by atoms with Gasteiger partial charge in [0, 0.05) is 46.0 Å². The van der Waals surface area contributed by atoms with E-state index in [9.17, 15) is 13.6 Å². The maximum atomic E-state index is 13.3. The molecule has 0 atom stereocenters. The fourth-order valence-corrected chi connectivity index (χ4v) is 2.90. The molecule has 26 heavy (non-hydrogen) atoms. The van der Waals surface area contributed by atoms with Crippen LogP contribution >= 0.6 is 0 Å². The number of carbonyl (C=O) groups excluding carboxylic acids is 1. The number of nitrogens with one attached hydrogen (secondary N) is 1. The summed E-state index contributed by atoms with van der Waals surface area (Å²) in [4.78, 5) is 20.1. The number of aryl methyl sites for hydroxylation is 1. The highest BCUT2D eigenvalue weighted by molar-refractivity contribution is 5.98. The highest BCUT2D eigenvalue weighted by Crippen LogP contribution is 2.16. The number of rotatable bonds is 3. The summed E-state index contributed by atoms with van der Waals surface area (Å²) in [6, 6.07) is 3.35. The van der Waals surface area contributed by atoms with Crippen LogP contribution in [0.2, 0.25) is 0 Å². The minimum Gasteiger partial charge on any atom is -0.352 e. The summed E-state index contributed by atoms with van der Waals surface area (Å²) in [5.74, 6) is -0.813. The first-order valence-corrected chi connectivity index (χ1v) is 8.16. The third-order valence-electron chi connectivity index (χ3n) is 4.11. The number of aromatic nitrogens is 2. The second-order valence-electron chi connectivity index (χ2n) is 6.02. The highest BCUT2D eigenvalue weighted by Gasteiger charge is 2.27. The standard InChI is InChI=1S/C17H20F2N6O/c1-20-17(21-8-12-5-13(18)7-14(19)6-12)24-3-4-25(16(26)11-24)15-9-22-23(2)10-15/h5-7,9-10H,3-4,8,11H2,1-2H3,(H,20,21). The first-order valence-electron chi connectivity index (χ1n) is 8.16. The number of guanidine groups is 1. The molecule has 0 bridgehead atoms. The van der Waals surface area contributed by atoms with Crippen molar-refractivity contribution in [3.8, 4) is 0 Å². The second kappa shape index (κ2) is 7.51. The molecule has 1 aliphatic rings. The first kappa shape index (κ1) is 17.8. The van der Waals surface area contributed by atoms with Crippen molar-refractivity contribution in [3.63, 3.8) is 0 Å². The Morgan fingerprint density at radius 3 is 2.58 bits per heavy atom. The SMILES string of the molecule is CN=C(NCc1cc(F)cc(F)c1)N1CCN(c2cnn(C)c2)C(=O)C1. The number of aliphatic imine (C=N–C) groups is 1. The van der Waals surface area contributed by atoms with Crippen molar-refractivity contribution in [2.24, 2.45) is 12.0 Å². The minimum absolute atomic E-state index is 0.0657. The molecule has 0 unspecified atom stereocenters. The quantitative estimate of drug-likeness (QED) is 0.657. The normalized spacial score (nSPS) is 15.5. The van der Waals surface area contributed by atoms with Crippen LogP contribution in [0.3, 0.4) is 0 Å². The van der Waals surface area contributed by atoms with Crippen LogP contribution in [-0.4, -0.2) is 53.2 Å². The van der Waals surface area contributed by atoms with E-state index < -0.39 is 11.6 Å². The Balaban J connectivity index is 1.62. The zero-order valence-corrected chi connectivity index (χ0v) is 14.6. The van der Waals surface area contributed by atoms with Gasteiger partial charge in [-0.25, -0.2) is 8.78 Å². The Kier molecular flexibility index (Phi) is 5.15. The summed E-state index contributed by atoms with van der Waals surface area (Å²) < 4.78 is 28.2. The van der Waals surface area contributed by atoms with Crippen LogP contribution in [0.5, 0.6) is 0 Å². The topological polar surface area (TPSA) is 65.8 Å². The summed E-state index contributed by atoms with van der Waals surface area (Å²) in [5, 5.41) is 7.13. The van der Waals surface area contributed by atoms with Crippen LogP contribution in [-0.2, 0) is 18.4 Å². The number of piperazine rings is 1. The Morgan fingerprint density at radius 2 is 2.00 bits per heavy atom. The van der Waals surface area contributed by atoms with Crippen molar-refractivity contribution < 1.29 is 13.6 Å². The monoisotopic (exact) mass is 362 g/mol. The maximum absolute atomic E-state index is 13.3. The molecule has 138 valence electrons. The van der Waals surface area contributed by atoms with Crippen LogP contribution in [0.25, 0.3) is 0 Å². The molecule has 1 amide bonds. The van der Waals surface area contributed by atoms with Gasteiger partial charge in [-0.15, -0.1) is 0 Å². The Labute approximate surface area is 149 Å². The molecule has 1 saturated heterocycles. The zero-order valence-electron chi connectivity index (χ0n) is 14.6. The fourth-order valence-electron chi connectivity index (χ4n) is 2.90. The number of hydrogen-bond acceptors (Lipinski definition) is 3. The number of nitrogens with zero attached hydrogens (tertiary/aromatic N) is 5. The van der Waals surface area contributed by atoms with Gasteiger partial charge in [0.25, 0.3) is 0 Å². The molecular weight excluding hydrogens is 342 g/mol. The summed E-state index contributed by atoms with van der Waals surface area (Å²) in [6.45, 7) is 1.45. The molecule has 0 spiro atoms. The van der Waals surface area contributed by atoms with Gasteiger partial charge in [-0.2, -0.15) is 5.10 Å². The number of hydrogen-bond donors (Lipinski definition) is 1. The van der Waals surface area contributed by atoms with E-state index in [1.807, 2.05) is 4.90 Å². The maximum Gasteiger partial charge on any atom is 0.246 e. The molecule has 1 aliphatic heterocycles. The van der Waals surface area contributed by atoms with E-state index in [4.69, 9.17) is 0 Å². The van der Waals surface area contributed by atoms with E-state index >= 15 is 0 Å². The number of benzene rings is 1. The van der Waals surface area contributed by atoms with Gasteiger partial charge in [-0.1, -0.05) is 0 Å². The van der Waals surface area contributed by atoms with Crippen LogP contribution in [0, 0.1) is 11.6 Å². The molecule has 1 aromatic carbocycles. The van der Waals surface area contributed by atoms with Crippen molar-refractivity contribution in [2.45, 2.75) is 6.54 Å². The average Bonchev–Trinajstić information content (AvgIpc) is 3.01. The molecule has 0 aliphatic carbocycles. The fraction of sp³-hybridized carbons (Fsp3) is 0.353. The molecule has 1 aromatic heterocycles. The van der Waals surface area contributed by atoms with Gasteiger partial charge < -0.3 is 15.1 Å². The summed E-state index contributed by atoms with van der Waals surface area (Å²) in [7, 11) is 3.40. The first-order chi connectivity index (χ1) is 12.5. The molecule has 2 aromatic rings. The van der Waals surface area contributed by atoms with Crippen LogP contribution < -0.4 is 10.2 Å². The predicted molar refractivity (Wildman–Crippen MR) is 93.7 cm³/mol. The van der Waals surface area contributed by atoms with Crippen molar-refractivity contribution in [3.05, 3.63) is 47.8 Å². The van der Waals surface area contributed by atoms with Crippen molar-refractivity contribution in [2.75, 3.05) is 31.6 Å². The molecule has 3 rings (SSSR count). The predicted octanol–water partition coefficient (Wildman–Crippen LogP) is 1.12. The summed E-state index contributed by atoms with van der Waals surface area (Å²) in [5.41, 5.74) is 1.22. The van der Waals surface area contributed by atoms with Crippen molar-refractivity contribution in [1.82, 2.24) is 20.0 Å². The van der Waals surface area contributed by atoms with E-state index in [1.165, 1.54) is 12.1 Å². The largest absolute Gasteiger partial charge is 0.352 e. The number of amides is 1. The van der Waals surface area contributed by atoms with Gasteiger partial charge in [0.2, 0.25) is 5.91 Å². The highest BCUT2D eigenvalue weighted by atomic mass is 19.1.